The Kier molecular flexibility index (Phi) is 8.12. The van der Waals surface area contributed by atoms with E-state index >= 15 is 0 Å². The van der Waals surface area contributed by atoms with Crippen LogP contribution in [-0.2, 0) is 25.5 Å². The number of hydrogen-bond donors (Lipinski definition) is 2. The summed E-state index contributed by atoms with van der Waals surface area (Å²) in [6, 6.07) is 0. The predicted molar refractivity (Wildman–Crippen MR) is 116 cm³/mol. The van der Waals surface area contributed by atoms with Crippen molar-refractivity contribution in [2.75, 3.05) is 32.8 Å². The number of nitrogens with zero attached hydrogens (tertiary/aromatic N) is 1. The first-order chi connectivity index (χ1) is 14.9. The molecule has 0 unspecified atom stereocenters. The smallest absolute Gasteiger partial charge is 0.355 e. The summed E-state index contributed by atoms with van der Waals surface area (Å²) < 4.78 is 10.6. The Labute approximate surface area is 184 Å². The van der Waals surface area contributed by atoms with Crippen molar-refractivity contribution in [3.8, 4) is 0 Å². The standard InChI is InChI=1S/C23H35N3O5/c1-4-30-23(29)21-15(2)19(16(3)25-21)7-8-20(27)26-11-9-17(10-12-26)22(28)24-14-18-6-5-13-31-18/h17-18,25H,4-14H2,1-3H3,(H,24,28)/t18-/m0/s1. The summed E-state index contributed by atoms with van der Waals surface area (Å²) in [5.41, 5.74) is 3.22. The highest BCUT2D eigenvalue weighted by atomic mass is 16.5. The van der Waals surface area contributed by atoms with E-state index < -0.39 is 0 Å². The van der Waals surface area contributed by atoms with Crippen molar-refractivity contribution in [3.63, 3.8) is 0 Å². The largest absolute Gasteiger partial charge is 0.461 e. The van der Waals surface area contributed by atoms with E-state index in [2.05, 4.69) is 10.3 Å². The molecule has 2 amide bonds. The Morgan fingerprint density at radius 2 is 1.94 bits per heavy atom. The van der Waals surface area contributed by atoms with Crippen molar-refractivity contribution in [3.05, 3.63) is 22.5 Å². The van der Waals surface area contributed by atoms with Crippen LogP contribution >= 0.6 is 0 Å². The molecule has 0 spiro atoms. The molecule has 2 aliphatic rings. The third kappa shape index (κ3) is 5.87. The number of carbonyl (C=O) groups is 3. The van der Waals surface area contributed by atoms with Crippen LogP contribution < -0.4 is 5.32 Å². The molecule has 3 heterocycles. The van der Waals surface area contributed by atoms with Crippen LogP contribution in [0.2, 0.25) is 0 Å². The Morgan fingerprint density at radius 3 is 2.58 bits per heavy atom. The minimum atomic E-state index is -0.361. The van der Waals surface area contributed by atoms with Crippen molar-refractivity contribution in [2.45, 2.75) is 65.4 Å². The molecule has 1 atom stereocenters. The fourth-order valence-electron chi connectivity index (χ4n) is 4.52. The highest BCUT2D eigenvalue weighted by Crippen LogP contribution is 2.22. The fourth-order valence-corrected chi connectivity index (χ4v) is 4.52. The molecule has 2 saturated heterocycles. The van der Waals surface area contributed by atoms with Crippen LogP contribution in [0.3, 0.4) is 0 Å². The first kappa shape index (κ1) is 23.3. The number of rotatable bonds is 8. The van der Waals surface area contributed by atoms with Crippen LogP contribution in [0.25, 0.3) is 0 Å². The van der Waals surface area contributed by atoms with Crippen LogP contribution in [0.15, 0.2) is 0 Å². The van der Waals surface area contributed by atoms with Gasteiger partial charge in [-0.1, -0.05) is 0 Å². The highest BCUT2D eigenvalue weighted by molar-refractivity contribution is 5.90. The molecular formula is C23H35N3O5. The summed E-state index contributed by atoms with van der Waals surface area (Å²) in [5.74, 6) is -0.226. The van der Waals surface area contributed by atoms with Gasteiger partial charge in [-0.2, -0.15) is 0 Å². The molecule has 2 fully saturated rings. The van der Waals surface area contributed by atoms with Gasteiger partial charge in [0.15, 0.2) is 0 Å². The zero-order valence-corrected chi connectivity index (χ0v) is 18.9. The third-order valence-electron chi connectivity index (χ3n) is 6.41. The number of esters is 1. The number of aryl methyl sites for hydroxylation is 1. The Balaban J connectivity index is 1.44. The average Bonchev–Trinajstić information content (AvgIpc) is 3.38. The molecule has 3 rings (SSSR count). The van der Waals surface area contributed by atoms with Crippen molar-refractivity contribution in [2.24, 2.45) is 5.92 Å². The van der Waals surface area contributed by atoms with Crippen molar-refractivity contribution in [1.29, 1.82) is 0 Å². The molecule has 172 valence electrons. The number of nitrogens with one attached hydrogen (secondary N) is 2. The lowest BCUT2D eigenvalue weighted by Crippen LogP contribution is -2.44. The summed E-state index contributed by atoms with van der Waals surface area (Å²) in [6.45, 7) is 8.48. The van der Waals surface area contributed by atoms with Gasteiger partial charge in [0.05, 0.1) is 12.7 Å². The van der Waals surface area contributed by atoms with Crippen molar-refractivity contribution < 1.29 is 23.9 Å². The third-order valence-corrected chi connectivity index (χ3v) is 6.41. The van der Waals surface area contributed by atoms with Gasteiger partial charge in [0.1, 0.15) is 5.69 Å². The predicted octanol–water partition coefficient (Wildman–Crippen LogP) is 2.27. The van der Waals surface area contributed by atoms with E-state index in [-0.39, 0.29) is 29.8 Å². The summed E-state index contributed by atoms with van der Waals surface area (Å²) >= 11 is 0. The molecule has 0 aliphatic carbocycles. The maximum atomic E-state index is 12.7. The van der Waals surface area contributed by atoms with Gasteiger partial charge in [0, 0.05) is 44.3 Å². The summed E-state index contributed by atoms with van der Waals surface area (Å²) in [6.07, 6.45) is 4.57. The number of aromatic amines is 1. The number of aromatic nitrogens is 1. The van der Waals surface area contributed by atoms with E-state index in [0.29, 0.717) is 57.6 Å². The number of carbonyl (C=O) groups excluding carboxylic acids is 3. The van der Waals surface area contributed by atoms with Gasteiger partial charge < -0.3 is 24.7 Å². The molecule has 8 nitrogen and oxygen atoms in total. The molecule has 1 aromatic heterocycles. The monoisotopic (exact) mass is 433 g/mol. The summed E-state index contributed by atoms with van der Waals surface area (Å²) in [4.78, 5) is 42.1. The lowest BCUT2D eigenvalue weighted by Gasteiger charge is -2.31. The maximum Gasteiger partial charge on any atom is 0.355 e. The zero-order valence-electron chi connectivity index (χ0n) is 18.9. The fraction of sp³-hybridized carbons (Fsp3) is 0.696. The minimum Gasteiger partial charge on any atom is -0.461 e. The number of ether oxygens (including phenoxy) is 2. The number of likely N-dealkylation sites (tertiary alicyclic amines) is 1. The van der Waals surface area contributed by atoms with Gasteiger partial charge in [0.2, 0.25) is 11.8 Å². The Morgan fingerprint density at radius 1 is 1.19 bits per heavy atom. The first-order valence-electron chi connectivity index (χ1n) is 11.4. The minimum absolute atomic E-state index is 0.0354. The van der Waals surface area contributed by atoms with E-state index in [9.17, 15) is 14.4 Å². The SMILES string of the molecule is CCOC(=O)c1[nH]c(C)c(CCC(=O)N2CCC(C(=O)NC[C@@H]3CCCO3)CC2)c1C. The molecule has 0 aromatic carbocycles. The van der Waals surface area contributed by atoms with Crippen LogP contribution in [-0.4, -0.2) is 66.6 Å². The van der Waals surface area contributed by atoms with E-state index in [4.69, 9.17) is 9.47 Å². The van der Waals surface area contributed by atoms with Gasteiger partial charge in [-0.05, 0) is 64.0 Å². The zero-order chi connectivity index (χ0) is 22.4. The molecule has 0 saturated carbocycles. The second-order valence-corrected chi connectivity index (χ2v) is 8.48. The van der Waals surface area contributed by atoms with Crippen LogP contribution in [0.1, 0.15) is 66.3 Å². The van der Waals surface area contributed by atoms with Gasteiger partial charge in [0.25, 0.3) is 0 Å². The van der Waals surface area contributed by atoms with Crippen LogP contribution in [0.5, 0.6) is 0 Å². The Hall–Kier alpha value is -2.35. The molecule has 2 N–H and O–H groups in total. The van der Waals surface area contributed by atoms with Gasteiger partial charge >= 0.3 is 5.97 Å². The molecule has 0 radical (unpaired) electrons. The topological polar surface area (TPSA) is 101 Å². The van der Waals surface area contributed by atoms with Crippen molar-refractivity contribution >= 4 is 17.8 Å². The summed E-state index contributed by atoms with van der Waals surface area (Å²) in [7, 11) is 0. The second kappa shape index (κ2) is 10.8. The van der Waals surface area contributed by atoms with Gasteiger partial charge in [-0.15, -0.1) is 0 Å². The van der Waals surface area contributed by atoms with E-state index in [0.717, 1.165) is 36.3 Å². The molecular weight excluding hydrogens is 398 g/mol. The second-order valence-electron chi connectivity index (χ2n) is 8.48. The van der Waals surface area contributed by atoms with E-state index in [1.165, 1.54) is 0 Å². The maximum absolute atomic E-state index is 12.7. The lowest BCUT2D eigenvalue weighted by molar-refractivity contribution is -0.135. The molecule has 8 heteroatoms. The molecule has 31 heavy (non-hydrogen) atoms. The van der Waals surface area contributed by atoms with E-state index in [1.807, 2.05) is 18.7 Å². The van der Waals surface area contributed by atoms with Crippen molar-refractivity contribution in [1.82, 2.24) is 15.2 Å². The lowest BCUT2D eigenvalue weighted by atomic mass is 9.95. The quantitative estimate of drug-likeness (QED) is 0.613. The summed E-state index contributed by atoms with van der Waals surface area (Å²) in [5, 5.41) is 3.01. The molecule has 2 aliphatic heterocycles. The van der Waals surface area contributed by atoms with Crippen LogP contribution in [0, 0.1) is 19.8 Å². The number of amides is 2. The average molecular weight is 434 g/mol. The van der Waals surface area contributed by atoms with E-state index in [1.54, 1.807) is 6.92 Å². The Bertz CT molecular complexity index is 789. The van der Waals surface area contributed by atoms with Gasteiger partial charge in [-0.3, -0.25) is 9.59 Å². The first-order valence-corrected chi connectivity index (χ1v) is 11.4. The van der Waals surface area contributed by atoms with Gasteiger partial charge in [-0.25, -0.2) is 4.79 Å². The number of piperidine rings is 1. The number of hydrogen-bond acceptors (Lipinski definition) is 5. The normalized spacial score (nSPS) is 19.5. The number of H-pyrrole nitrogens is 1. The van der Waals surface area contributed by atoms with Crippen LogP contribution in [0.4, 0.5) is 0 Å². The molecule has 1 aromatic rings. The molecule has 0 bridgehead atoms. The highest BCUT2D eigenvalue weighted by Gasteiger charge is 2.28.